The number of carbonyl (C=O) groups excluding carboxylic acids is 1. The molecule has 28 heavy (non-hydrogen) atoms. The minimum absolute atomic E-state index is 0.143. The molecule has 0 aliphatic rings. The van der Waals surface area contributed by atoms with Crippen molar-refractivity contribution in [2.75, 3.05) is 5.32 Å². The summed E-state index contributed by atoms with van der Waals surface area (Å²) in [6, 6.07) is 18.0. The Balaban J connectivity index is 1.79. The quantitative estimate of drug-likeness (QED) is 0.458. The van der Waals surface area contributed by atoms with Crippen LogP contribution < -0.4 is 5.32 Å². The number of hydrogen-bond donors (Lipinski definition) is 2. The number of phenols is 1. The molecule has 0 spiro atoms. The van der Waals surface area contributed by atoms with Gasteiger partial charge in [0.25, 0.3) is 11.0 Å². The molecule has 4 aromatic rings. The van der Waals surface area contributed by atoms with E-state index in [4.69, 9.17) is 0 Å². The van der Waals surface area contributed by atoms with E-state index >= 15 is 0 Å². The van der Waals surface area contributed by atoms with Gasteiger partial charge in [-0.05, 0) is 35.9 Å². The zero-order valence-corrected chi connectivity index (χ0v) is 15.6. The number of fused-ring (bicyclic) bond motifs is 1. The van der Waals surface area contributed by atoms with Crippen LogP contribution in [0, 0.1) is 6.92 Å². The maximum atomic E-state index is 12.9. The number of nitrogens with one attached hydrogen (secondary N) is 1. The third-order valence-electron chi connectivity index (χ3n) is 4.02. The number of hydrogen-bond acceptors (Lipinski definition) is 7. The van der Waals surface area contributed by atoms with Crippen molar-refractivity contribution < 1.29 is 9.90 Å². The van der Waals surface area contributed by atoms with Crippen molar-refractivity contribution in [3.05, 3.63) is 71.2 Å². The zero-order chi connectivity index (χ0) is 19.5. The third-order valence-corrected chi connectivity index (χ3v) is 4.74. The van der Waals surface area contributed by atoms with Crippen molar-refractivity contribution in [3.8, 4) is 5.75 Å². The highest BCUT2D eigenvalue weighted by molar-refractivity contribution is 7.14. The van der Waals surface area contributed by atoms with E-state index in [0.717, 1.165) is 10.4 Å². The Morgan fingerprint density at radius 1 is 1.04 bits per heavy atom. The molecular weight excluding hydrogens is 374 g/mol. The first kappa shape index (κ1) is 17.7. The van der Waals surface area contributed by atoms with E-state index in [9.17, 15) is 9.90 Å². The topological polar surface area (TPSA) is 99.8 Å². The van der Waals surface area contributed by atoms with Gasteiger partial charge in [-0.15, -0.1) is 20.4 Å². The molecule has 0 bridgehead atoms. The number of benzene rings is 3. The molecule has 4 rings (SSSR count). The largest absolute Gasteiger partial charge is 0.505 e. The fraction of sp³-hybridized carbons (Fsp3) is 0.0500. The standard InChI is InChI=1S/C20H15N5O2S/c1-12-22-24-20(28-12)25-23-16-11-13-7-5-6-10-15(13)17(18(16)26)19(27)21-14-8-3-2-4-9-14/h2-11,26H,1H3,(H,21,27)/b25-23+. The molecule has 0 saturated carbocycles. The van der Waals surface area contributed by atoms with Crippen molar-refractivity contribution in [1.82, 2.24) is 10.2 Å². The molecule has 0 atom stereocenters. The minimum atomic E-state index is -0.427. The van der Waals surface area contributed by atoms with Crippen molar-refractivity contribution in [2.45, 2.75) is 6.92 Å². The number of nitrogens with zero attached hydrogens (tertiary/aromatic N) is 4. The number of carbonyl (C=O) groups is 1. The van der Waals surface area contributed by atoms with Gasteiger partial charge in [0.15, 0.2) is 5.75 Å². The van der Waals surface area contributed by atoms with Crippen molar-refractivity contribution in [3.63, 3.8) is 0 Å². The first-order chi connectivity index (χ1) is 13.6. The summed E-state index contributed by atoms with van der Waals surface area (Å²) < 4.78 is 0. The van der Waals surface area contributed by atoms with Gasteiger partial charge >= 0.3 is 0 Å². The fourth-order valence-corrected chi connectivity index (χ4v) is 3.28. The zero-order valence-electron chi connectivity index (χ0n) is 14.8. The molecule has 138 valence electrons. The van der Waals surface area contributed by atoms with Crippen LogP contribution in [0.25, 0.3) is 10.8 Å². The molecule has 1 heterocycles. The Bertz CT molecular complexity index is 1190. The molecule has 0 radical (unpaired) electrons. The van der Waals surface area contributed by atoms with Gasteiger partial charge in [-0.1, -0.05) is 53.8 Å². The van der Waals surface area contributed by atoms with E-state index in [1.54, 1.807) is 24.3 Å². The summed E-state index contributed by atoms with van der Waals surface area (Å²) in [4.78, 5) is 12.9. The van der Waals surface area contributed by atoms with E-state index in [2.05, 4.69) is 25.7 Å². The van der Waals surface area contributed by atoms with Crippen LogP contribution in [-0.2, 0) is 0 Å². The Labute approximate surface area is 164 Å². The van der Waals surface area contributed by atoms with E-state index in [0.29, 0.717) is 16.2 Å². The van der Waals surface area contributed by atoms with E-state index < -0.39 is 5.91 Å². The van der Waals surface area contributed by atoms with Crippen LogP contribution in [0.2, 0.25) is 0 Å². The van der Waals surface area contributed by atoms with Gasteiger partial charge in [0.05, 0.1) is 5.56 Å². The molecule has 8 heteroatoms. The normalized spacial score (nSPS) is 11.2. The second-order valence-corrected chi connectivity index (χ2v) is 7.12. The number of para-hydroxylation sites is 1. The van der Waals surface area contributed by atoms with Crippen molar-refractivity contribution >= 4 is 44.5 Å². The van der Waals surface area contributed by atoms with Crippen LogP contribution in [0.4, 0.5) is 16.5 Å². The van der Waals surface area contributed by atoms with Gasteiger partial charge in [-0.25, -0.2) is 0 Å². The van der Waals surface area contributed by atoms with Crippen LogP contribution in [0.15, 0.2) is 70.9 Å². The molecule has 0 unspecified atom stereocenters. The lowest BCUT2D eigenvalue weighted by Crippen LogP contribution is -2.12. The molecular formula is C20H15N5O2S. The first-order valence-electron chi connectivity index (χ1n) is 8.45. The lowest BCUT2D eigenvalue weighted by molar-refractivity contribution is 0.102. The predicted molar refractivity (Wildman–Crippen MR) is 109 cm³/mol. The minimum Gasteiger partial charge on any atom is -0.505 e. The summed E-state index contributed by atoms with van der Waals surface area (Å²) in [6.45, 7) is 1.82. The SMILES string of the molecule is Cc1nnc(/N=N/c2cc3ccccc3c(C(=O)Nc3ccccc3)c2O)s1. The molecule has 2 N–H and O–H groups in total. The second-order valence-electron chi connectivity index (χ2n) is 5.96. The molecule has 0 aliphatic carbocycles. The van der Waals surface area contributed by atoms with E-state index in [1.165, 1.54) is 11.3 Å². The van der Waals surface area contributed by atoms with Crippen LogP contribution in [0.5, 0.6) is 5.75 Å². The lowest BCUT2D eigenvalue weighted by atomic mass is 10.0. The van der Waals surface area contributed by atoms with Gasteiger partial charge in [0.1, 0.15) is 10.7 Å². The summed E-state index contributed by atoms with van der Waals surface area (Å²) in [5, 5.41) is 32.0. The number of rotatable bonds is 4. The monoisotopic (exact) mass is 389 g/mol. The lowest BCUT2D eigenvalue weighted by Gasteiger charge is -2.11. The summed E-state index contributed by atoms with van der Waals surface area (Å²) in [5.74, 6) is -0.666. The van der Waals surface area contributed by atoms with Crippen LogP contribution in [-0.4, -0.2) is 21.2 Å². The number of aryl methyl sites for hydroxylation is 1. The Kier molecular flexibility index (Phi) is 4.77. The van der Waals surface area contributed by atoms with Gasteiger partial charge in [-0.2, -0.15) is 0 Å². The molecule has 3 aromatic carbocycles. The molecule has 1 amide bonds. The number of aromatic hydroxyl groups is 1. The van der Waals surface area contributed by atoms with E-state index in [1.807, 2.05) is 43.3 Å². The molecule has 0 fully saturated rings. The number of phenolic OH excluding ortho intramolecular Hbond substituents is 1. The maximum Gasteiger partial charge on any atom is 0.260 e. The Hall–Kier alpha value is -3.65. The van der Waals surface area contributed by atoms with E-state index in [-0.39, 0.29) is 17.0 Å². The third kappa shape index (κ3) is 3.58. The second kappa shape index (κ2) is 7.53. The van der Waals surface area contributed by atoms with Gasteiger partial charge in [-0.3, -0.25) is 4.79 Å². The van der Waals surface area contributed by atoms with Gasteiger partial charge in [0.2, 0.25) is 0 Å². The molecule has 0 aliphatic heterocycles. The van der Waals surface area contributed by atoms with Crippen LogP contribution >= 0.6 is 11.3 Å². The fourth-order valence-electron chi connectivity index (χ4n) is 2.77. The predicted octanol–water partition coefficient (Wildman–Crippen LogP) is 5.37. The summed E-state index contributed by atoms with van der Waals surface area (Å²) in [5.41, 5.74) is 0.960. The molecule has 7 nitrogen and oxygen atoms in total. The smallest absolute Gasteiger partial charge is 0.260 e. The van der Waals surface area contributed by atoms with Gasteiger partial charge in [0, 0.05) is 5.69 Å². The van der Waals surface area contributed by atoms with Crippen LogP contribution in [0.3, 0.4) is 0 Å². The first-order valence-corrected chi connectivity index (χ1v) is 9.26. The maximum absolute atomic E-state index is 12.9. The summed E-state index contributed by atoms with van der Waals surface area (Å²) >= 11 is 1.29. The summed E-state index contributed by atoms with van der Waals surface area (Å²) in [7, 11) is 0. The average Bonchev–Trinajstić information content (AvgIpc) is 3.12. The number of aromatic nitrogens is 2. The Morgan fingerprint density at radius 3 is 2.54 bits per heavy atom. The number of anilines is 1. The highest BCUT2D eigenvalue weighted by Crippen LogP contribution is 2.38. The summed E-state index contributed by atoms with van der Waals surface area (Å²) in [6.07, 6.45) is 0. The van der Waals surface area contributed by atoms with Crippen molar-refractivity contribution in [2.24, 2.45) is 10.2 Å². The van der Waals surface area contributed by atoms with Crippen LogP contribution in [0.1, 0.15) is 15.4 Å². The van der Waals surface area contributed by atoms with Crippen molar-refractivity contribution in [1.29, 1.82) is 0 Å². The molecule has 0 saturated heterocycles. The highest BCUT2D eigenvalue weighted by Gasteiger charge is 2.19. The average molecular weight is 389 g/mol. The highest BCUT2D eigenvalue weighted by atomic mass is 32.1. The molecule has 1 aromatic heterocycles. The number of amides is 1. The number of azo groups is 1. The Morgan fingerprint density at radius 2 is 1.79 bits per heavy atom. The van der Waals surface area contributed by atoms with Gasteiger partial charge < -0.3 is 10.4 Å².